The molecule has 18 heavy (non-hydrogen) atoms. The maximum absolute atomic E-state index is 11.1. The van der Waals surface area contributed by atoms with Gasteiger partial charge in [0.2, 0.25) is 0 Å². The third-order valence-corrected chi connectivity index (χ3v) is 4.62. The van der Waals surface area contributed by atoms with E-state index in [1.807, 2.05) is 6.20 Å². The van der Waals surface area contributed by atoms with E-state index in [2.05, 4.69) is 43.1 Å². The van der Waals surface area contributed by atoms with Crippen molar-refractivity contribution in [2.24, 2.45) is 11.8 Å². The molecule has 1 heterocycles. The van der Waals surface area contributed by atoms with Gasteiger partial charge in [-0.25, -0.2) is 0 Å². The Morgan fingerprint density at radius 1 is 1.22 bits per heavy atom. The molecule has 96 valence electrons. The van der Waals surface area contributed by atoms with E-state index >= 15 is 0 Å². The molecule has 0 amide bonds. The molecule has 3 unspecified atom stereocenters. The monoisotopic (exact) mass is 243 g/mol. The number of hydrogen-bond donors (Lipinski definition) is 2. The van der Waals surface area contributed by atoms with E-state index in [1.165, 1.54) is 11.8 Å². The maximum Gasteiger partial charge on any atom is 0.0924 e. The molecule has 1 fully saturated rings. The first-order chi connectivity index (χ1) is 8.59. The molecule has 3 rings (SSSR count). The van der Waals surface area contributed by atoms with Gasteiger partial charge >= 0.3 is 0 Å². The number of rotatable bonds is 1. The smallest absolute Gasteiger partial charge is 0.0924 e. The molecule has 0 spiro atoms. The van der Waals surface area contributed by atoms with Crippen molar-refractivity contribution in [3.63, 3.8) is 0 Å². The van der Waals surface area contributed by atoms with Gasteiger partial charge in [-0.2, -0.15) is 0 Å². The summed E-state index contributed by atoms with van der Waals surface area (Å²) in [7, 11) is 0. The standard InChI is InChI=1S/C16H21NO/c1-11-3-4-12(2)16(18,10-11)14-5-6-15-13(9-14)7-8-17-15/h5-9,11-12,17-18H,3-4,10H2,1-2H3. The van der Waals surface area contributed by atoms with Gasteiger partial charge in [0, 0.05) is 11.7 Å². The summed E-state index contributed by atoms with van der Waals surface area (Å²) in [5.41, 5.74) is 1.57. The second-order valence-electron chi connectivity index (χ2n) is 5.99. The first-order valence-corrected chi connectivity index (χ1v) is 6.89. The molecule has 1 saturated carbocycles. The molecule has 1 aromatic carbocycles. The molecule has 2 nitrogen and oxygen atoms in total. The second kappa shape index (κ2) is 4.13. The fourth-order valence-electron chi connectivity index (χ4n) is 3.33. The lowest BCUT2D eigenvalue weighted by atomic mass is 9.69. The highest BCUT2D eigenvalue weighted by atomic mass is 16.3. The number of aliphatic hydroxyl groups is 1. The van der Waals surface area contributed by atoms with Crippen LogP contribution in [0.15, 0.2) is 30.5 Å². The average molecular weight is 243 g/mol. The predicted molar refractivity (Wildman–Crippen MR) is 74.4 cm³/mol. The van der Waals surface area contributed by atoms with Crippen molar-refractivity contribution in [2.75, 3.05) is 0 Å². The maximum atomic E-state index is 11.1. The van der Waals surface area contributed by atoms with E-state index in [0.29, 0.717) is 11.8 Å². The number of fused-ring (bicyclic) bond motifs is 1. The van der Waals surface area contributed by atoms with E-state index < -0.39 is 5.60 Å². The fourth-order valence-corrected chi connectivity index (χ4v) is 3.33. The number of benzene rings is 1. The third kappa shape index (κ3) is 1.76. The molecule has 2 N–H and O–H groups in total. The molecule has 1 aromatic heterocycles. The largest absolute Gasteiger partial charge is 0.385 e. The van der Waals surface area contributed by atoms with Gasteiger partial charge in [0.15, 0.2) is 0 Å². The molecule has 0 bridgehead atoms. The molecule has 0 saturated heterocycles. The van der Waals surface area contributed by atoms with Gasteiger partial charge < -0.3 is 10.1 Å². The minimum atomic E-state index is -0.650. The molecule has 1 aliphatic carbocycles. The topological polar surface area (TPSA) is 36.0 Å². The van der Waals surface area contributed by atoms with Gasteiger partial charge in [-0.3, -0.25) is 0 Å². The van der Waals surface area contributed by atoms with Crippen LogP contribution >= 0.6 is 0 Å². The molecule has 1 aliphatic rings. The van der Waals surface area contributed by atoms with Gasteiger partial charge in [-0.05, 0) is 53.8 Å². The van der Waals surface area contributed by atoms with Crippen molar-refractivity contribution in [2.45, 2.75) is 38.7 Å². The van der Waals surface area contributed by atoms with Crippen LogP contribution < -0.4 is 0 Å². The Morgan fingerprint density at radius 3 is 2.89 bits per heavy atom. The summed E-state index contributed by atoms with van der Waals surface area (Å²) >= 11 is 0. The summed E-state index contributed by atoms with van der Waals surface area (Å²) in [6, 6.07) is 8.36. The highest BCUT2D eigenvalue weighted by Gasteiger charge is 2.40. The van der Waals surface area contributed by atoms with Gasteiger partial charge in [0.05, 0.1) is 5.60 Å². The van der Waals surface area contributed by atoms with Crippen LogP contribution in [0, 0.1) is 11.8 Å². The number of H-pyrrole nitrogens is 1. The van der Waals surface area contributed by atoms with E-state index in [9.17, 15) is 5.11 Å². The lowest BCUT2D eigenvalue weighted by Crippen LogP contribution is -2.39. The molecular formula is C16H21NO. The predicted octanol–water partition coefficient (Wildman–Crippen LogP) is 3.81. The zero-order valence-electron chi connectivity index (χ0n) is 11.1. The lowest BCUT2D eigenvalue weighted by Gasteiger charge is -2.41. The molecule has 3 atom stereocenters. The van der Waals surface area contributed by atoms with Gasteiger partial charge in [-0.1, -0.05) is 26.3 Å². The number of nitrogens with one attached hydrogen (secondary N) is 1. The summed E-state index contributed by atoms with van der Waals surface area (Å²) in [6.45, 7) is 4.42. The quantitative estimate of drug-likeness (QED) is 0.785. The van der Waals surface area contributed by atoms with Crippen molar-refractivity contribution >= 4 is 10.9 Å². The van der Waals surface area contributed by atoms with Gasteiger partial charge in [-0.15, -0.1) is 0 Å². The molecule has 0 aliphatic heterocycles. The van der Waals surface area contributed by atoms with Crippen LogP contribution in [0.1, 0.15) is 38.7 Å². The fraction of sp³-hybridized carbons (Fsp3) is 0.500. The summed E-state index contributed by atoms with van der Waals surface area (Å²) < 4.78 is 0. The van der Waals surface area contributed by atoms with Crippen LogP contribution in [-0.2, 0) is 5.60 Å². The van der Waals surface area contributed by atoms with Crippen molar-refractivity contribution in [1.82, 2.24) is 4.98 Å². The van der Waals surface area contributed by atoms with Crippen LogP contribution in [-0.4, -0.2) is 10.1 Å². The first kappa shape index (κ1) is 11.8. The Balaban J connectivity index is 2.05. The zero-order chi connectivity index (χ0) is 12.8. The summed E-state index contributed by atoms with van der Waals surface area (Å²) in [4.78, 5) is 3.20. The normalized spacial score (nSPS) is 32.8. The van der Waals surface area contributed by atoms with E-state index in [1.54, 1.807) is 0 Å². The number of aromatic amines is 1. The Labute approximate surface area is 108 Å². The molecule has 2 heteroatoms. The minimum Gasteiger partial charge on any atom is -0.385 e. The highest BCUT2D eigenvalue weighted by molar-refractivity contribution is 5.80. The zero-order valence-corrected chi connectivity index (χ0v) is 11.1. The van der Waals surface area contributed by atoms with Crippen LogP contribution in [0.25, 0.3) is 10.9 Å². The lowest BCUT2D eigenvalue weighted by molar-refractivity contribution is -0.0626. The summed E-state index contributed by atoms with van der Waals surface area (Å²) in [5.74, 6) is 0.943. The third-order valence-electron chi connectivity index (χ3n) is 4.62. The molecular weight excluding hydrogens is 222 g/mol. The highest BCUT2D eigenvalue weighted by Crippen LogP contribution is 2.44. The van der Waals surface area contributed by atoms with E-state index in [4.69, 9.17) is 0 Å². The Kier molecular flexibility index (Phi) is 2.70. The van der Waals surface area contributed by atoms with Gasteiger partial charge in [0.25, 0.3) is 0 Å². The Bertz CT molecular complexity index is 559. The minimum absolute atomic E-state index is 0.338. The van der Waals surface area contributed by atoms with Crippen molar-refractivity contribution in [3.8, 4) is 0 Å². The first-order valence-electron chi connectivity index (χ1n) is 6.89. The van der Waals surface area contributed by atoms with Crippen molar-refractivity contribution in [1.29, 1.82) is 0 Å². The van der Waals surface area contributed by atoms with Crippen LogP contribution in [0.3, 0.4) is 0 Å². The molecule has 0 radical (unpaired) electrons. The van der Waals surface area contributed by atoms with Crippen molar-refractivity contribution < 1.29 is 5.11 Å². The van der Waals surface area contributed by atoms with E-state index in [0.717, 1.165) is 23.9 Å². The van der Waals surface area contributed by atoms with Crippen molar-refractivity contribution in [3.05, 3.63) is 36.0 Å². The van der Waals surface area contributed by atoms with Crippen LogP contribution in [0.2, 0.25) is 0 Å². The average Bonchev–Trinajstić information content (AvgIpc) is 2.81. The SMILES string of the molecule is CC1CCC(C)C(O)(c2ccc3[nH]ccc3c2)C1. The Morgan fingerprint density at radius 2 is 2.06 bits per heavy atom. The molecule has 2 aromatic rings. The van der Waals surface area contributed by atoms with Crippen LogP contribution in [0.5, 0.6) is 0 Å². The van der Waals surface area contributed by atoms with Gasteiger partial charge in [0.1, 0.15) is 0 Å². The Hall–Kier alpha value is -1.28. The number of aromatic nitrogens is 1. The second-order valence-corrected chi connectivity index (χ2v) is 5.99. The van der Waals surface area contributed by atoms with Crippen LogP contribution in [0.4, 0.5) is 0 Å². The summed E-state index contributed by atoms with van der Waals surface area (Å²) in [5, 5.41) is 12.3. The summed E-state index contributed by atoms with van der Waals surface area (Å²) in [6.07, 6.45) is 5.17. The number of hydrogen-bond acceptors (Lipinski definition) is 1. The van der Waals surface area contributed by atoms with E-state index in [-0.39, 0.29) is 0 Å².